The van der Waals surface area contributed by atoms with Crippen LogP contribution in [-0.2, 0) is 19.1 Å². The zero-order chi connectivity index (χ0) is 22.5. The molecule has 31 heavy (non-hydrogen) atoms. The van der Waals surface area contributed by atoms with E-state index in [4.69, 9.17) is 21.1 Å². The topological polar surface area (TPSA) is 118 Å². The highest BCUT2D eigenvalue weighted by molar-refractivity contribution is 6.33. The molecule has 9 nitrogen and oxygen atoms in total. The number of nitrogens with zero attached hydrogens (tertiary/aromatic N) is 1. The van der Waals surface area contributed by atoms with Crippen molar-refractivity contribution in [2.24, 2.45) is 5.10 Å². The number of carbonyl (C=O) groups is 3. The van der Waals surface area contributed by atoms with Crippen LogP contribution in [0.2, 0.25) is 5.02 Å². The van der Waals surface area contributed by atoms with Gasteiger partial charge in [0.2, 0.25) is 11.8 Å². The molecule has 0 aromatic heterocycles. The molecule has 2 rings (SSSR count). The molecule has 0 radical (unpaired) electrons. The fourth-order valence-electron chi connectivity index (χ4n) is 2.27. The van der Waals surface area contributed by atoms with Crippen molar-refractivity contribution in [3.8, 4) is 5.75 Å². The molecular formula is C21H23ClN4O5. The number of anilines is 1. The Bertz CT molecular complexity index is 918. The maximum atomic E-state index is 12.0. The Morgan fingerprint density at radius 2 is 1.77 bits per heavy atom. The molecule has 0 fully saturated rings. The maximum absolute atomic E-state index is 12.0. The monoisotopic (exact) mass is 446 g/mol. The van der Waals surface area contributed by atoms with Gasteiger partial charge in [0.1, 0.15) is 12.2 Å². The van der Waals surface area contributed by atoms with Crippen LogP contribution in [0.15, 0.2) is 53.6 Å². The van der Waals surface area contributed by atoms with E-state index in [0.717, 1.165) is 0 Å². The third-order valence-electron chi connectivity index (χ3n) is 3.75. The summed E-state index contributed by atoms with van der Waals surface area (Å²) in [6, 6.07) is 13.6. The number of hydrogen-bond acceptors (Lipinski definition) is 6. The molecule has 2 aromatic rings. The fourth-order valence-corrected chi connectivity index (χ4v) is 2.45. The lowest BCUT2D eigenvalue weighted by molar-refractivity contribution is -0.129. The third-order valence-corrected chi connectivity index (χ3v) is 4.08. The molecule has 10 heteroatoms. The van der Waals surface area contributed by atoms with E-state index in [1.165, 1.54) is 13.3 Å². The van der Waals surface area contributed by atoms with Crippen molar-refractivity contribution >= 4 is 41.2 Å². The lowest BCUT2D eigenvalue weighted by Gasteiger charge is -2.08. The van der Waals surface area contributed by atoms with Gasteiger partial charge in [0.05, 0.1) is 23.5 Å². The third kappa shape index (κ3) is 9.28. The van der Waals surface area contributed by atoms with E-state index in [2.05, 4.69) is 21.2 Å². The lowest BCUT2D eigenvalue weighted by atomic mass is 10.2. The predicted molar refractivity (Wildman–Crippen MR) is 117 cm³/mol. The molecule has 164 valence electrons. The van der Waals surface area contributed by atoms with E-state index >= 15 is 0 Å². The molecule has 0 aliphatic heterocycles. The molecule has 0 bridgehead atoms. The zero-order valence-corrected chi connectivity index (χ0v) is 17.6. The van der Waals surface area contributed by atoms with Crippen LogP contribution in [0, 0.1) is 0 Å². The van der Waals surface area contributed by atoms with Crippen molar-refractivity contribution in [2.75, 3.05) is 32.2 Å². The van der Waals surface area contributed by atoms with Gasteiger partial charge in [-0.25, -0.2) is 5.43 Å². The molecule has 0 atom stereocenters. The second kappa shape index (κ2) is 13.0. The first kappa shape index (κ1) is 23.8. The minimum absolute atomic E-state index is 0.179. The van der Waals surface area contributed by atoms with E-state index < -0.39 is 11.8 Å². The van der Waals surface area contributed by atoms with Crippen LogP contribution in [-0.4, -0.2) is 50.8 Å². The maximum Gasteiger partial charge on any atom is 0.262 e. The number of rotatable bonds is 11. The Morgan fingerprint density at radius 3 is 2.48 bits per heavy atom. The van der Waals surface area contributed by atoms with Gasteiger partial charge in [-0.3, -0.25) is 14.4 Å². The molecular weight excluding hydrogens is 424 g/mol. The van der Waals surface area contributed by atoms with Gasteiger partial charge in [-0.05, 0) is 42.0 Å². The fraction of sp³-hybridized carbons (Fsp3) is 0.238. The standard InChI is InChI=1S/C21H23ClN4O5/c1-30-11-10-23-19(27)12-20(28)26-24-13-15-6-8-16(9-7-15)31-14-21(29)25-18-5-3-2-4-17(18)22/h2-9,13H,10-12,14H2,1H3,(H,23,27)(H,25,29)(H,26,28)/b24-13+. The molecule has 0 saturated carbocycles. The van der Waals surface area contributed by atoms with Gasteiger partial charge in [-0.15, -0.1) is 0 Å². The van der Waals surface area contributed by atoms with Gasteiger partial charge in [0, 0.05) is 13.7 Å². The molecule has 0 spiro atoms. The van der Waals surface area contributed by atoms with E-state index in [1.54, 1.807) is 48.5 Å². The first-order valence-corrected chi connectivity index (χ1v) is 9.70. The van der Waals surface area contributed by atoms with Crippen LogP contribution in [0.4, 0.5) is 5.69 Å². The number of para-hydroxylation sites is 1. The van der Waals surface area contributed by atoms with Gasteiger partial charge in [0.25, 0.3) is 5.91 Å². The average Bonchev–Trinajstić information content (AvgIpc) is 2.75. The van der Waals surface area contributed by atoms with Gasteiger partial charge in [0.15, 0.2) is 6.61 Å². The van der Waals surface area contributed by atoms with Crippen LogP contribution < -0.4 is 20.8 Å². The Morgan fingerprint density at radius 1 is 1.03 bits per heavy atom. The summed E-state index contributed by atoms with van der Waals surface area (Å²) in [5.41, 5.74) is 3.48. The van der Waals surface area contributed by atoms with Crippen LogP contribution in [0.25, 0.3) is 0 Å². The first-order valence-electron chi connectivity index (χ1n) is 9.32. The Kier molecular flexibility index (Phi) is 9.99. The summed E-state index contributed by atoms with van der Waals surface area (Å²) < 4.78 is 10.2. The minimum atomic E-state index is -0.532. The summed E-state index contributed by atoms with van der Waals surface area (Å²) in [5.74, 6) is -0.795. The van der Waals surface area contributed by atoms with E-state index in [0.29, 0.717) is 35.2 Å². The molecule has 2 aromatic carbocycles. The summed E-state index contributed by atoms with van der Waals surface area (Å²) in [7, 11) is 1.52. The highest BCUT2D eigenvalue weighted by atomic mass is 35.5. The molecule has 0 unspecified atom stereocenters. The van der Waals surface area contributed by atoms with E-state index in [-0.39, 0.29) is 18.9 Å². The number of methoxy groups -OCH3 is 1. The van der Waals surface area contributed by atoms with Crippen molar-refractivity contribution in [3.63, 3.8) is 0 Å². The number of benzene rings is 2. The Hall–Kier alpha value is -3.43. The Labute approximate surface area is 184 Å². The van der Waals surface area contributed by atoms with Crippen LogP contribution in [0.1, 0.15) is 12.0 Å². The van der Waals surface area contributed by atoms with Crippen LogP contribution >= 0.6 is 11.6 Å². The molecule has 3 amide bonds. The summed E-state index contributed by atoms with van der Waals surface area (Å²) in [5, 5.41) is 9.45. The largest absolute Gasteiger partial charge is 0.484 e. The number of nitrogens with one attached hydrogen (secondary N) is 3. The smallest absolute Gasteiger partial charge is 0.262 e. The van der Waals surface area contributed by atoms with E-state index in [1.807, 2.05) is 0 Å². The second-order valence-corrected chi connectivity index (χ2v) is 6.61. The number of hydrazone groups is 1. The quantitative estimate of drug-likeness (QED) is 0.211. The van der Waals surface area contributed by atoms with Crippen LogP contribution in [0.5, 0.6) is 5.75 Å². The van der Waals surface area contributed by atoms with Crippen molar-refractivity contribution in [1.82, 2.24) is 10.7 Å². The summed E-state index contributed by atoms with van der Waals surface area (Å²) in [6.45, 7) is 0.528. The summed E-state index contributed by atoms with van der Waals surface area (Å²) in [6.07, 6.45) is 1.10. The first-order chi connectivity index (χ1) is 15.0. The number of hydrogen-bond donors (Lipinski definition) is 3. The predicted octanol–water partition coefficient (Wildman–Crippen LogP) is 1.96. The van der Waals surface area contributed by atoms with Gasteiger partial charge >= 0.3 is 0 Å². The van der Waals surface area contributed by atoms with Crippen molar-refractivity contribution < 1.29 is 23.9 Å². The highest BCUT2D eigenvalue weighted by Gasteiger charge is 2.08. The molecule has 0 aliphatic carbocycles. The second-order valence-electron chi connectivity index (χ2n) is 6.20. The molecule has 0 heterocycles. The van der Waals surface area contributed by atoms with Crippen molar-refractivity contribution in [1.29, 1.82) is 0 Å². The average molecular weight is 447 g/mol. The highest BCUT2D eigenvalue weighted by Crippen LogP contribution is 2.20. The number of ether oxygens (including phenoxy) is 2. The van der Waals surface area contributed by atoms with Crippen molar-refractivity contribution in [3.05, 3.63) is 59.1 Å². The zero-order valence-electron chi connectivity index (χ0n) is 16.9. The number of carbonyl (C=O) groups excluding carboxylic acids is 3. The van der Waals surface area contributed by atoms with Crippen LogP contribution in [0.3, 0.4) is 0 Å². The number of amides is 3. The molecule has 3 N–H and O–H groups in total. The summed E-state index contributed by atoms with van der Waals surface area (Å²) in [4.78, 5) is 35.1. The lowest BCUT2D eigenvalue weighted by Crippen LogP contribution is -2.31. The van der Waals surface area contributed by atoms with Gasteiger partial charge < -0.3 is 20.1 Å². The van der Waals surface area contributed by atoms with Gasteiger partial charge in [-0.2, -0.15) is 5.10 Å². The van der Waals surface area contributed by atoms with E-state index in [9.17, 15) is 14.4 Å². The Balaban J connectivity index is 1.72. The SMILES string of the molecule is COCCNC(=O)CC(=O)N/N=C/c1ccc(OCC(=O)Nc2ccccc2Cl)cc1. The van der Waals surface area contributed by atoms with Crippen molar-refractivity contribution in [2.45, 2.75) is 6.42 Å². The summed E-state index contributed by atoms with van der Waals surface area (Å²) >= 11 is 6.00. The minimum Gasteiger partial charge on any atom is -0.484 e. The molecule has 0 aliphatic rings. The molecule has 0 saturated heterocycles. The normalized spacial score (nSPS) is 10.5. The number of halogens is 1. The van der Waals surface area contributed by atoms with Gasteiger partial charge in [-0.1, -0.05) is 23.7 Å².